The second-order valence-corrected chi connectivity index (χ2v) is 5.71. The van der Waals surface area contributed by atoms with E-state index in [1.165, 1.54) is 51.7 Å². The maximum Gasteiger partial charge on any atom is 0.0218 e. The molecule has 1 aliphatic heterocycles. The van der Waals surface area contributed by atoms with Gasteiger partial charge in [-0.15, -0.1) is 0 Å². The number of rotatable bonds is 6. The molecule has 0 spiro atoms. The zero-order valence-electron chi connectivity index (χ0n) is 10.3. The Morgan fingerprint density at radius 2 is 2.20 bits per heavy atom. The van der Waals surface area contributed by atoms with Crippen molar-refractivity contribution in [2.75, 3.05) is 19.6 Å². The van der Waals surface area contributed by atoms with Crippen LogP contribution in [0.1, 0.15) is 46.0 Å². The average molecular weight is 210 g/mol. The maximum absolute atomic E-state index is 3.68. The van der Waals surface area contributed by atoms with Crippen LogP contribution in [-0.4, -0.2) is 25.7 Å². The molecule has 0 aromatic heterocycles. The Labute approximate surface area is 94.2 Å². The predicted octanol–water partition coefficient (Wildman–Crippen LogP) is 2.15. The van der Waals surface area contributed by atoms with Crippen LogP contribution in [0.15, 0.2) is 0 Å². The Morgan fingerprint density at radius 1 is 1.40 bits per heavy atom. The third kappa shape index (κ3) is 2.94. The van der Waals surface area contributed by atoms with Crippen LogP contribution >= 0.6 is 0 Å². The van der Waals surface area contributed by atoms with Crippen LogP contribution in [0.4, 0.5) is 0 Å². The van der Waals surface area contributed by atoms with Crippen molar-refractivity contribution in [1.82, 2.24) is 10.6 Å². The standard InChI is InChI=1S/C13H26N2/c1-3-5-13(6-7-13)10-14-9-12-11(2)4-8-15-12/h11-12,14-15H,3-10H2,1-2H3. The first-order valence-electron chi connectivity index (χ1n) is 6.70. The molecule has 0 aromatic rings. The molecule has 1 saturated carbocycles. The summed E-state index contributed by atoms with van der Waals surface area (Å²) in [4.78, 5) is 0. The van der Waals surface area contributed by atoms with Gasteiger partial charge < -0.3 is 10.6 Å². The van der Waals surface area contributed by atoms with Crippen molar-refractivity contribution in [1.29, 1.82) is 0 Å². The van der Waals surface area contributed by atoms with E-state index in [4.69, 9.17) is 0 Å². The van der Waals surface area contributed by atoms with E-state index in [1.807, 2.05) is 0 Å². The average Bonchev–Trinajstić information content (AvgIpc) is 2.85. The summed E-state index contributed by atoms with van der Waals surface area (Å²) in [6, 6.07) is 0.724. The molecule has 0 amide bonds. The molecule has 0 bridgehead atoms. The zero-order valence-corrected chi connectivity index (χ0v) is 10.3. The molecule has 2 heteroatoms. The molecule has 2 unspecified atom stereocenters. The quantitative estimate of drug-likeness (QED) is 0.702. The van der Waals surface area contributed by atoms with Crippen LogP contribution in [0, 0.1) is 11.3 Å². The summed E-state index contributed by atoms with van der Waals surface area (Å²) >= 11 is 0. The molecule has 1 saturated heterocycles. The van der Waals surface area contributed by atoms with Gasteiger partial charge in [0.15, 0.2) is 0 Å². The van der Waals surface area contributed by atoms with Crippen molar-refractivity contribution < 1.29 is 0 Å². The van der Waals surface area contributed by atoms with Gasteiger partial charge in [0, 0.05) is 19.1 Å². The van der Waals surface area contributed by atoms with E-state index in [9.17, 15) is 0 Å². The van der Waals surface area contributed by atoms with Crippen LogP contribution in [0.25, 0.3) is 0 Å². The van der Waals surface area contributed by atoms with E-state index in [0.29, 0.717) is 5.41 Å². The van der Waals surface area contributed by atoms with Gasteiger partial charge in [0.05, 0.1) is 0 Å². The maximum atomic E-state index is 3.68. The highest BCUT2D eigenvalue weighted by Crippen LogP contribution is 2.48. The van der Waals surface area contributed by atoms with Crippen LogP contribution in [0.5, 0.6) is 0 Å². The first-order valence-corrected chi connectivity index (χ1v) is 6.70. The topological polar surface area (TPSA) is 24.1 Å². The molecule has 0 aromatic carbocycles. The van der Waals surface area contributed by atoms with E-state index in [0.717, 1.165) is 12.0 Å². The molecule has 0 radical (unpaired) electrons. The van der Waals surface area contributed by atoms with Crippen LogP contribution < -0.4 is 10.6 Å². The minimum absolute atomic E-state index is 0.705. The van der Waals surface area contributed by atoms with E-state index in [2.05, 4.69) is 24.5 Å². The van der Waals surface area contributed by atoms with Gasteiger partial charge in [-0.1, -0.05) is 20.3 Å². The Balaban J connectivity index is 1.62. The van der Waals surface area contributed by atoms with Crippen molar-refractivity contribution >= 4 is 0 Å². The van der Waals surface area contributed by atoms with Crippen LogP contribution in [0.3, 0.4) is 0 Å². The molecule has 2 aliphatic rings. The molecule has 2 nitrogen and oxygen atoms in total. The highest BCUT2D eigenvalue weighted by Gasteiger charge is 2.40. The lowest BCUT2D eigenvalue weighted by molar-refractivity contribution is 0.385. The second-order valence-electron chi connectivity index (χ2n) is 5.71. The first-order chi connectivity index (χ1) is 7.26. The third-order valence-corrected chi connectivity index (χ3v) is 4.29. The Hall–Kier alpha value is -0.0800. The largest absolute Gasteiger partial charge is 0.315 e. The fourth-order valence-corrected chi connectivity index (χ4v) is 2.89. The number of hydrogen-bond donors (Lipinski definition) is 2. The number of nitrogens with one attached hydrogen (secondary N) is 2. The monoisotopic (exact) mass is 210 g/mol. The number of hydrogen-bond acceptors (Lipinski definition) is 2. The molecule has 15 heavy (non-hydrogen) atoms. The van der Waals surface area contributed by atoms with Gasteiger partial charge in [0.1, 0.15) is 0 Å². The second kappa shape index (κ2) is 4.84. The molecular formula is C13H26N2. The van der Waals surface area contributed by atoms with E-state index < -0.39 is 0 Å². The summed E-state index contributed by atoms with van der Waals surface area (Å²) in [6.45, 7) is 8.32. The summed E-state index contributed by atoms with van der Waals surface area (Å²) in [5, 5.41) is 7.27. The third-order valence-electron chi connectivity index (χ3n) is 4.29. The van der Waals surface area contributed by atoms with Gasteiger partial charge in [0.25, 0.3) is 0 Å². The Kier molecular flexibility index (Phi) is 3.68. The lowest BCUT2D eigenvalue weighted by atomic mass is 10.00. The lowest BCUT2D eigenvalue weighted by Gasteiger charge is -2.20. The molecule has 2 atom stereocenters. The summed E-state index contributed by atoms with van der Waals surface area (Å²) in [7, 11) is 0. The summed E-state index contributed by atoms with van der Waals surface area (Å²) in [5.41, 5.74) is 0.705. The van der Waals surface area contributed by atoms with Gasteiger partial charge >= 0.3 is 0 Å². The first kappa shape index (κ1) is 11.4. The van der Waals surface area contributed by atoms with E-state index in [1.54, 1.807) is 0 Å². The molecule has 2 N–H and O–H groups in total. The van der Waals surface area contributed by atoms with Crippen molar-refractivity contribution in [2.24, 2.45) is 11.3 Å². The molecule has 2 fully saturated rings. The van der Waals surface area contributed by atoms with E-state index >= 15 is 0 Å². The van der Waals surface area contributed by atoms with Crippen molar-refractivity contribution in [3.05, 3.63) is 0 Å². The van der Waals surface area contributed by atoms with Crippen LogP contribution in [0.2, 0.25) is 0 Å². The summed E-state index contributed by atoms with van der Waals surface area (Å²) < 4.78 is 0. The Morgan fingerprint density at radius 3 is 2.73 bits per heavy atom. The van der Waals surface area contributed by atoms with Crippen LogP contribution in [-0.2, 0) is 0 Å². The van der Waals surface area contributed by atoms with Gasteiger partial charge in [-0.3, -0.25) is 0 Å². The normalized spacial score (nSPS) is 33.2. The van der Waals surface area contributed by atoms with Crippen molar-refractivity contribution in [3.63, 3.8) is 0 Å². The van der Waals surface area contributed by atoms with Gasteiger partial charge in [-0.2, -0.15) is 0 Å². The highest BCUT2D eigenvalue weighted by atomic mass is 15.0. The molecule has 88 valence electrons. The molecule has 1 aliphatic carbocycles. The van der Waals surface area contributed by atoms with Gasteiger partial charge in [-0.25, -0.2) is 0 Å². The minimum atomic E-state index is 0.705. The molecular weight excluding hydrogens is 184 g/mol. The molecule has 2 rings (SSSR count). The van der Waals surface area contributed by atoms with E-state index in [-0.39, 0.29) is 0 Å². The fraction of sp³-hybridized carbons (Fsp3) is 1.00. The SMILES string of the molecule is CCCC1(CNCC2NCCC2C)CC1. The predicted molar refractivity (Wildman–Crippen MR) is 65.0 cm³/mol. The zero-order chi connectivity index (χ0) is 10.7. The summed E-state index contributed by atoms with van der Waals surface area (Å²) in [5.74, 6) is 0.860. The van der Waals surface area contributed by atoms with Gasteiger partial charge in [0.2, 0.25) is 0 Å². The molecule has 1 heterocycles. The fourth-order valence-electron chi connectivity index (χ4n) is 2.89. The Bertz CT molecular complexity index is 199. The lowest BCUT2D eigenvalue weighted by Crippen LogP contribution is -2.39. The highest BCUT2D eigenvalue weighted by molar-refractivity contribution is 4.95. The minimum Gasteiger partial charge on any atom is -0.315 e. The van der Waals surface area contributed by atoms with Crippen molar-refractivity contribution in [2.45, 2.75) is 52.0 Å². The van der Waals surface area contributed by atoms with Gasteiger partial charge in [-0.05, 0) is 43.6 Å². The van der Waals surface area contributed by atoms with Crippen molar-refractivity contribution in [3.8, 4) is 0 Å². The summed E-state index contributed by atoms with van der Waals surface area (Å²) in [6.07, 6.45) is 7.04. The smallest absolute Gasteiger partial charge is 0.0218 e.